The summed E-state index contributed by atoms with van der Waals surface area (Å²) in [6.07, 6.45) is 3.50. The summed E-state index contributed by atoms with van der Waals surface area (Å²) >= 11 is 0. The summed E-state index contributed by atoms with van der Waals surface area (Å²) in [5.41, 5.74) is 8.52. The van der Waals surface area contributed by atoms with Gasteiger partial charge in [-0.2, -0.15) is 0 Å². The summed E-state index contributed by atoms with van der Waals surface area (Å²) in [6.45, 7) is 0.862. The van der Waals surface area contributed by atoms with E-state index in [0.717, 1.165) is 30.8 Å². The zero-order valence-electron chi connectivity index (χ0n) is 10.8. The number of fused-ring (bicyclic) bond motifs is 1. The molecule has 1 aliphatic heterocycles. The average molecular weight is 261 g/mol. The summed E-state index contributed by atoms with van der Waals surface area (Å²) in [6, 6.07) is 4.61. The van der Waals surface area contributed by atoms with Crippen LogP contribution in [0.15, 0.2) is 24.5 Å². The lowest BCUT2D eigenvalue weighted by Crippen LogP contribution is -2.30. The van der Waals surface area contributed by atoms with Crippen LogP contribution in [0, 0.1) is 5.82 Å². The molecule has 1 aliphatic rings. The maximum Gasteiger partial charge on any atom is 0.128 e. The number of aryl methyl sites for hydroxylation is 1. The van der Waals surface area contributed by atoms with Crippen molar-refractivity contribution in [1.29, 1.82) is 0 Å². The minimum absolute atomic E-state index is 0.141. The Morgan fingerprint density at radius 3 is 3.11 bits per heavy atom. The second kappa shape index (κ2) is 4.66. The van der Waals surface area contributed by atoms with E-state index >= 15 is 0 Å². The van der Waals surface area contributed by atoms with Crippen molar-refractivity contribution in [2.45, 2.75) is 25.4 Å². The second-order valence-corrected chi connectivity index (χ2v) is 4.83. The van der Waals surface area contributed by atoms with Crippen molar-refractivity contribution in [3.63, 3.8) is 0 Å². The lowest BCUT2D eigenvalue weighted by Gasteiger charge is -2.21. The van der Waals surface area contributed by atoms with Crippen LogP contribution in [-0.4, -0.2) is 22.7 Å². The largest absolute Gasteiger partial charge is 0.496 e. The molecule has 0 amide bonds. The smallest absolute Gasteiger partial charge is 0.128 e. The number of rotatable bonds is 2. The Balaban J connectivity index is 2.12. The molecule has 0 radical (unpaired) electrons. The summed E-state index contributed by atoms with van der Waals surface area (Å²) in [7, 11) is 1.57. The molecule has 1 aromatic carbocycles. The summed E-state index contributed by atoms with van der Waals surface area (Å²) in [5.74, 6) is 0.333. The zero-order valence-corrected chi connectivity index (χ0v) is 10.8. The number of halogens is 1. The van der Waals surface area contributed by atoms with Crippen LogP contribution in [0.25, 0.3) is 11.3 Å². The van der Waals surface area contributed by atoms with Gasteiger partial charge in [0, 0.05) is 30.3 Å². The minimum Gasteiger partial charge on any atom is -0.496 e. The van der Waals surface area contributed by atoms with E-state index in [4.69, 9.17) is 10.5 Å². The number of nitrogens with two attached hydrogens (primary N) is 1. The first-order chi connectivity index (χ1) is 9.19. The Labute approximate surface area is 111 Å². The molecular weight excluding hydrogens is 245 g/mol. The first-order valence-corrected chi connectivity index (χ1v) is 6.32. The second-order valence-electron chi connectivity index (χ2n) is 4.83. The van der Waals surface area contributed by atoms with Gasteiger partial charge in [0.15, 0.2) is 0 Å². The van der Waals surface area contributed by atoms with Gasteiger partial charge in [-0.25, -0.2) is 9.37 Å². The van der Waals surface area contributed by atoms with Gasteiger partial charge in [-0.15, -0.1) is 0 Å². The normalized spacial score (nSPS) is 18.2. The predicted molar refractivity (Wildman–Crippen MR) is 70.5 cm³/mol. The molecule has 100 valence electrons. The highest BCUT2D eigenvalue weighted by Gasteiger charge is 2.22. The van der Waals surface area contributed by atoms with Crippen molar-refractivity contribution >= 4 is 0 Å². The molecule has 0 bridgehead atoms. The number of benzene rings is 1. The summed E-state index contributed by atoms with van der Waals surface area (Å²) in [4.78, 5) is 4.41. The Morgan fingerprint density at radius 2 is 2.32 bits per heavy atom. The Morgan fingerprint density at radius 1 is 1.47 bits per heavy atom. The number of ether oxygens (including phenoxy) is 1. The fraction of sp³-hybridized carbons (Fsp3) is 0.357. The van der Waals surface area contributed by atoms with Crippen LogP contribution in [0.5, 0.6) is 5.75 Å². The quantitative estimate of drug-likeness (QED) is 0.899. The maximum absolute atomic E-state index is 13.5. The van der Waals surface area contributed by atoms with E-state index in [9.17, 15) is 4.39 Å². The number of hydrogen-bond acceptors (Lipinski definition) is 3. The van der Waals surface area contributed by atoms with E-state index in [1.54, 1.807) is 19.5 Å². The summed E-state index contributed by atoms with van der Waals surface area (Å²) < 4.78 is 20.9. The van der Waals surface area contributed by atoms with Crippen molar-refractivity contribution < 1.29 is 9.13 Å². The van der Waals surface area contributed by atoms with Gasteiger partial charge in [0.25, 0.3) is 0 Å². The number of imidazole rings is 1. The molecule has 0 spiro atoms. The fourth-order valence-corrected chi connectivity index (χ4v) is 2.56. The van der Waals surface area contributed by atoms with E-state index < -0.39 is 0 Å². The van der Waals surface area contributed by atoms with Crippen molar-refractivity contribution in [3.8, 4) is 17.0 Å². The lowest BCUT2D eigenvalue weighted by molar-refractivity contribution is 0.415. The molecule has 0 aliphatic carbocycles. The molecule has 0 saturated carbocycles. The number of methoxy groups -OCH3 is 1. The third-order valence-corrected chi connectivity index (χ3v) is 3.56. The molecule has 3 rings (SSSR count). The number of hydrogen-bond donors (Lipinski definition) is 1. The van der Waals surface area contributed by atoms with Gasteiger partial charge in [0.05, 0.1) is 19.1 Å². The van der Waals surface area contributed by atoms with Gasteiger partial charge in [-0.05, 0) is 24.6 Å². The van der Waals surface area contributed by atoms with E-state index in [1.807, 2.05) is 0 Å². The SMILES string of the molecule is COc1ccc(F)cc1-c1ncn2c1CC(N)CC2. The van der Waals surface area contributed by atoms with Crippen LogP contribution in [0.1, 0.15) is 12.1 Å². The Hall–Kier alpha value is -1.88. The highest BCUT2D eigenvalue weighted by molar-refractivity contribution is 5.69. The lowest BCUT2D eigenvalue weighted by atomic mass is 10.00. The Bertz CT molecular complexity index is 609. The molecule has 19 heavy (non-hydrogen) atoms. The van der Waals surface area contributed by atoms with Crippen LogP contribution in [0.4, 0.5) is 4.39 Å². The first kappa shape index (κ1) is 12.2. The minimum atomic E-state index is -0.294. The van der Waals surface area contributed by atoms with E-state index in [-0.39, 0.29) is 11.9 Å². The predicted octanol–water partition coefficient (Wildman–Crippen LogP) is 1.97. The van der Waals surface area contributed by atoms with Crippen molar-refractivity contribution in [1.82, 2.24) is 9.55 Å². The van der Waals surface area contributed by atoms with Crippen LogP contribution < -0.4 is 10.5 Å². The highest BCUT2D eigenvalue weighted by atomic mass is 19.1. The summed E-state index contributed by atoms with van der Waals surface area (Å²) in [5, 5.41) is 0. The van der Waals surface area contributed by atoms with Crippen LogP contribution in [0.2, 0.25) is 0 Å². The molecule has 1 aromatic heterocycles. The monoisotopic (exact) mass is 261 g/mol. The first-order valence-electron chi connectivity index (χ1n) is 6.32. The molecule has 1 unspecified atom stereocenters. The van der Waals surface area contributed by atoms with Gasteiger partial charge in [0.2, 0.25) is 0 Å². The van der Waals surface area contributed by atoms with Crippen molar-refractivity contribution in [3.05, 3.63) is 36.0 Å². The standard InChI is InChI=1S/C14H16FN3O/c1-19-13-3-2-9(15)6-11(13)14-12-7-10(16)4-5-18(12)8-17-14/h2-3,6,8,10H,4-5,7,16H2,1H3. The van der Waals surface area contributed by atoms with E-state index in [0.29, 0.717) is 11.3 Å². The van der Waals surface area contributed by atoms with Gasteiger partial charge >= 0.3 is 0 Å². The molecular formula is C14H16FN3O. The third-order valence-electron chi connectivity index (χ3n) is 3.56. The fourth-order valence-electron chi connectivity index (χ4n) is 2.56. The topological polar surface area (TPSA) is 53.1 Å². The van der Waals surface area contributed by atoms with Crippen LogP contribution >= 0.6 is 0 Å². The van der Waals surface area contributed by atoms with Gasteiger partial charge in [-0.3, -0.25) is 0 Å². The van der Waals surface area contributed by atoms with Gasteiger partial charge in [-0.1, -0.05) is 0 Å². The van der Waals surface area contributed by atoms with Crippen LogP contribution in [0.3, 0.4) is 0 Å². The van der Waals surface area contributed by atoms with Gasteiger partial charge < -0.3 is 15.0 Å². The molecule has 1 atom stereocenters. The maximum atomic E-state index is 13.5. The van der Waals surface area contributed by atoms with Crippen molar-refractivity contribution in [2.75, 3.05) is 7.11 Å². The number of aromatic nitrogens is 2. The van der Waals surface area contributed by atoms with E-state index in [1.165, 1.54) is 12.1 Å². The highest BCUT2D eigenvalue weighted by Crippen LogP contribution is 2.33. The molecule has 0 fully saturated rings. The van der Waals surface area contributed by atoms with E-state index in [2.05, 4.69) is 9.55 Å². The Kier molecular flexibility index (Phi) is 2.98. The number of nitrogens with zero attached hydrogens (tertiary/aromatic N) is 2. The molecule has 4 nitrogen and oxygen atoms in total. The van der Waals surface area contributed by atoms with Crippen LogP contribution in [-0.2, 0) is 13.0 Å². The molecule has 2 N–H and O–H groups in total. The third kappa shape index (κ3) is 2.10. The molecule has 5 heteroatoms. The molecule has 2 heterocycles. The zero-order chi connectivity index (χ0) is 13.4. The molecule has 0 saturated heterocycles. The molecule has 2 aromatic rings. The van der Waals surface area contributed by atoms with Crippen molar-refractivity contribution in [2.24, 2.45) is 5.73 Å². The average Bonchev–Trinajstić information content (AvgIpc) is 2.81. The van der Waals surface area contributed by atoms with Gasteiger partial charge in [0.1, 0.15) is 11.6 Å².